The summed E-state index contributed by atoms with van der Waals surface area (Å²) >= 11 is 5.90. The Labute approximate surface area is 139 Å². The predicted molar refractivity (Wildman–Crippen MR) is 89.7 cm³/mol. The maximum absolute atomic E-state index is 12.4. The average Bonchev–Trinajstić information content (AvgIpc) is 2.53. The minimum absolute atomic E-state index is 0.249. The van der Waals surface area contributed by atoms with Crippen molar-refractivity contribution >= 4 is 29.1 Å². The molecule has 23 heavy (non-hydrogen) atoms. The molecular formula is C17H17ClN2O3. The third kappa shape index (κ3) is 4.47. The molecule has 0 spiro atoms. The van der Waals surface area contributed by atoms with Crippen molar-refractivity contribution in [1.82, 2.24) is 0 Å². The SMILES string of the molecule is CCC(Oc1cccc(Cl)c1)C(=O)Nc1ccccc1C(N)=O. The molecule has 3 N–H and O–H groups in total. The van der Waals surface area contributed by atoms with Gasteiger partial charge in [-0.2, -0.15) is 0 Å². The van der Waals surface area contributed by atoms with E-state index in [9.17, 15) is 9.59 Å². The van der Waals surface area contributed by atoms with Gasteiger partial charge in [-0.25, -0.2) is 0 Å². The molecule has 6 heteroatoms. The first kappa shape index (κ1) is 16.8. The molecule has 0 aliphatic carbocycles. The number of hydrogen-bond acceptors (Lipinski definition) is 3. The van der Waals surface area contributed by atoms with E-state index in [0.717, 1.165) is 0 Å². The fourth-order valence-corrected chi connectivity index (χ4v) is 2.23. The zero-order chi connectivity index (χ0) is 16.8. The normalized spacial score (nSPS) is 11.6. The van der Waals surface area contributed by atoms with Crippen molar-refractivity contribution in [3.05, 3.63) is 59.1 Å². The van der Waals surface area contributed by atoms with Gasteiger partial charge < -0.3 is 15.8 Å². The summed E-state index contributed by atoms with van der Waals surface area (Å²) in [5.74, 6) is -0.464. The Hall–Kier alpha value is -2.53. The number of para-hydroxylation sites is 1. The highest BCUT2D eigenvalue weighted by molar-refractivity contribution is 6.30. The smallest absolute Gasteiger partial charge is 0.265 e. The Bertz CT molecular complexity index is 718. The van der Waals surface area contributed by atoms with Gasteiger partial charge in [-0.3, -0.25) is 9.59 Å². The Kier molecular flexibility index (Phi) is 5.60. The van der Waals surface area contributed by atoms with Gasteiger partial charge in [0.1, 0.15) is 5.75 Å². The lowest BCUT2D eigenvalue weighted by Gasteiger charge is -2.18. The second-order valence-electron chi connectivity index (χ2n) is 4.87. The van der Waals surface area contributed by atoms with Crippen LogP contribution in [0.25, 0.3) is 0 Å². The minimum atomic E-state index is -0.714. The average molecular weight is 333 g/mol. The van der Waals surface area contributed by atoms with E-state index < -0.39 is 12.0 Å². The van der Waals surface area contributed by atoms with Crippen LogP contribution in [0.15, 0.2) is 48.5 Å². The van der Waals surface area contributed by atoms with Gasteiger partial charge >= 0.3 is 0 Å². The van der Waals surface area contributed by atoms with Gasteiger partial charge in [0, 0.05) is 5.02 Å². The number of carbonyl (C=O) groups excluding carboxylic acids is 2. The van der Waals surface area contributed by atoms with Crippen molar-refractivity contribution in [2.45, 2.75) is 19.4 Å². The predicted octanol–water partition coefficient (Wildman–Crippen LogP) is 3.24. The molecule has 0 saturated heterocycles. The molecule has 0 aliphatic rings. The Balaban J connectivity index is 2.13. The highest BCUT2D eigenvalue weighted by Crippen LogP contribution is 2.20. The van der Waals surface area contributed by atoms with E-state index in [4.69, 9.17) is 22.1 Å². The van der Waals surface area contributed by atoms with Crippen molar-refractivity contribution in [1.29, 1.82) is 0 Å². The van der Waals surface area contributed by atoms with Crippen LogP contribution in [0.3, 0.4) is 0 Å². The first-order chi connectivity index (χ1) is 11.0. The van der Waals surface area contributed by atoms with Gasteiger partial charge in [-0.05, 0) is 36.8 Å². The lowest BCUT2D eigenvalue weighted by atomic mass is 10.1. The minimum Gasteiger partial charge on any atom is -0.481 e. The zero-order valence-corrected chi connectivity index (χ0v) is 13.3. The van der Waals surface area contributed by atoms with E-state index in [1.807, 2.05) is 6.92 Å². The first-order valence-corrected chi connectivity index (χ1v) is 7.51. The van der Waals surface area contributed by atoms with Gasteiger partial charge in [0.2, 0.25) is 0 Å². The Morgan fingerprint density at radius 3 is 2.61 bits per heavy atom. The summed E-state index contributed by atoms with van der Waals surface area (Å²) in [5, 5.41) is 3.20. The number of rotatable bonds is 6. The largest absolute Gasteiger partial charge is 0.481 e. The summed E-state index contributed by atoms with van der Waals surface area (Å²) in [6.07, 6.45) is -0.258. The van der Waals surface area contributed by atoms with Gasteiger partial charge in [0.25, 0.3) is 11.8 Å². The molecule has 2 aromatic carbocycles. The second-order valence-corrected chi connectivity index (χ2v) is 5.31. The fourth-order valence-electron chi connectivity index (χ4n) is 2.05. The number of halogens is 1. The van der Waals surface area contributed by atoms with Crippen LogP contribution in [0.2, 0.25) is 5.02 Å². The first-order valence-electron chi connectivity index (χ1n) is 7.13. The van der Waals surface area contributed by atoms with Crippen molar-refractivity contribution in [3.8, 4) is 5.75 Å². The van der Waals surface area contributed by atoms with Gasteiger partial charge in [0.15, 0.2) is 6.10 Å². The summed E-state index contributed by atoms with van der Waals surface area (Å²) in [5.41, 5.74) is 5.91. The molecule has 0 fully saturated rings. The molecule has 0 aromatic heterocycles. The van der Waals surface area contributed by atoms with E-state index in [0.29, 0.717) is 22.9 Å². The van der Waals surface area contributed by atoms with E-state index >= 15 is 0 Å². The van der Waals surface area contributed by atoms with Gasteiger partial charge in [0.05, 0.1) is 11.3 Å². The van der Waals surface area contributed by atoms with Crippen LogP contribution in [-0.2, 0) is 4.79 Å². The number of anilines is 1. The number of nitrogens with two attached hydrogens (primary N) is 1. The third-order valence-corrected chi connectivity index (χ3v) is 3.42. The van der Waals surface area contributed by atoms with E-state index in [2.05, 4.69) is 5.32 Å². The lowest BCUT2D eigenvalue weighted by Crippen LogP contribution is -2.33. The maximum atomic E-state index is 12.4. The number of primary amides is 1. The van der Waals surface area contributed by atoms with Crippen LogP contribution in [-0.4, -0.2) is 17.9 Å². The maximum Gasteiger partial charge on any atom is 0.265 e. The summed E-state index contributed by atoms with van der Waals surface area (Å²) in [4.78, 5) is 23.8. The van der Waals surface area contributed by atoms with Crippen molar-refractivity contribution in [2.75, 3.05) is 5.32 Å². The molecule has 120 valence electrons. The number of carbonyl (C=O) groups is 2. The molecular weight excluding hydrogens is 316 g/mol. The lowest BCUT2D eigenvalue weighted by molar-refractivity contribution is -0.122. The number of benzene rings is 2. The molecule has 1 atom stereocenters. The summed E-state index contributed by atoms with van der Waals surface area (Å²) in [6.45, 7) is 1.83. The van der Waals surface area contributed by atoms with E-state index in [-0.39, 0.29) is 11.5 Å². The molecule has 0 aliphatic heterocycles. The quantitative estimate of drug-likeness (QED) is 0.852. The Morgan fingerprint density at radius 1 is 1.22 bits per heavy atom. The highest BCUT2D eigenvalue weighted by atomic mass is 35.5. The van der Waals surface area contributed by atoms with Crippen LogP contribution in [0.5, 0.6) is 5.75 Å². The Morgan fingerprint density at radius 2 is 1.96 bits per heavy atom. The van der Waals surface area contributed by atoms with E-state index in [1.54, 1.807) is 48.5 Å². The molecule has 2 amide bonds. The zero-order valence-electron chi connectivity index (χ0n) is 12.6. The van der Waals surface area contributed by atoms with Crippen molar-refractivity contribution in [2.24, 2.45) is 5.73 Å². The van der Waals surface area contributed by atoms with Crippen LogP contribution < -0.4 is 15.8 Å². The summed E-state index contributed by atoms with van der Waals surface area (Å²) < 4.78 is 5.67. The number of ether oxygens (including phenoxy) is 1. The molecule has 1 unspecified atom stereocenters. The topological polar surface area (TPSA) is 81.4 Å². The molecule has 5 nitrogen and oxygen atoms in total. The van der Waals surface area contributed by atoms with Crippen molar-refractivity contribution in [3.63, 3.8) is 0 Å². The van der Waals surface area contributed by atoms with Gasteiger partial charge in [-0.15, -0.1) is 0 Å². The van der Waals surface area contributed by atoms with Crippen LogP contribution in [0, 0.1) is 0 Å². The molecule has 0 heterocycles. The van der Waals surface area contributed by atoms with Gasteiger partial charge in [-0.1, -0.05) is 36.7 Å². The van der Waals surface area contributed by atoms with Crippen LogP contribution >= 0.6 is 11.6 Å². The molecule has 2 aromatic rings. The standard InChI is InChI=1S/C17H17ClN2O3/c1-2-15(23-12-7-5-6-11(18)10-12)17(22)20-14-9-4-3-8-13(14)16(19)21/h3-10,15H,2H2,1H3,(H2,19,21)(H,20,22). The fraction of sp³-hybridized carbons (Fsp3) is 0.176. The van der Waals surface area contributed by atoms with Crippen LogP contribution in [0.1, 0.15) is 23.7 Å². The molecule has 0 bridgehead atoms. The summed E-state index contributed by atoms with van der Waals surface area (Å²) in [6, 6.07) is 13.4. The molecule has 0 radical (unpaired) electrons. The molecule has 0 saturated carbocycles. The monoisotopic (exact) mass is 332 g/mol. The highest BCUT2D eigenvalue weighted by Gasteiger charge is 2.20. The number of nitrogens with one attached hydrogen (secondary N) is 1. The summed E-state index contributed by atoms with van der Waals surface area (Å²) in [7, 11) is 0. The van der Waals surface area contributed by atoms with Crippen molar-refractivity contribution < 1.29 is 14.3 Å². The number of amides is 2. The third-order valence-electron chi connectivity index (χ3n) is 3.19. The number of hydrogen-bond donors (Lipinski definition) is 2. The molecule has 2 rings (SSSR count). The van der Waals surface area contributed by atoms with Crippen LogP contribution in [0.4, 0.5) is 5.69 Å². The van der Waals surface area contributed by atoms with E-state index in [1.165, 1.54) is 0 Å². The second kappa shape index (κ2) is 7.65.